The maximum atomic E-state index is 9.33. The summed E-state index contributed by atoms with van der Waals surface area (Å²) in [6, 6.07) is 0. The Kier molecular flexibility index (Phi) is 10.8. The van der Waals surface area contributed by atoms with E-state index in [1.165, 1.54) is 0 Å². The third-order valence-electron chi connectivity index (χ3n) is 0.180. The van der Waals surface area contributed by atoms with Crippen molar-refractivity contribution in [2.24, 2.45) is 5.73 Å². The first-order valence-electron chi connectivity index (χ1n) is 1.24. The van der Waals surface area contributed by atoms with E-state index in [9.17, 15) is 9.46 Å². The summed E-state index contributed by atoms with van der Waals surface area (Å²) in [5, 5.41) is 0. The third kappa shape index (κ3) is 10.9. The van der Waals surface area contributed by atoms with Gasteiger partial charge < -0.3 is 10.6 Å². The molecule has 0 bridgehead atoms. The van der Waals surface area contributed by atoms with Gasteiger partial charge in [0.2, 0.25) is 0 Å². The van der Waals surface area contributed by atoms with Gasteiger partial charge in [0, 0.05) is 0 Å². The van der Waals surface area contributed by atoms with E-state index >= 15 is 0 Å². The van der Waals surface area contributed by atoms with Crippen molar-refractivity contribution in [3.63, 3.8) is 0 Å². The molecule has 0 heterocycles. The molecule has 0 rings (SSSR count). The first kappa shape index (κ1) is 10.9. The summed E-state index contributed by atoms with van der Waals surface area (Å²) in [4.78, 5) is 9.33. The van der Waals surface area contributed by atoms with E-state index in [4.69, 9.17) is 0 Å². The van der Waals surface area contributed by atoms with Crippen LogP contribution in [-0.2, 0) is 9.09 Å². The van der Waals surface area contributed by atoms with Crippen LogP contribution in [0.25, 0.3) is 0 Å². The van der Waals surface area contributed by atoms with Crippen LogP contribution in [0.1, 0.15) is 0 Å². The van der Waals surface area contributed by atoms with Crippen molar-refractivity contribution >= 4 is 8.25 Å². The molecule has 2 N–H and O–H groups in total. The molecule has 6 heteroatoms. The van der Waals surface area contributed by atoms with E-state index in [-0.39, 0.29) is 36.3 Å². The molecule has 0 aliphatic heterocycles. The molecule has 1 atom stereocenters. The quantitative estimate of drug-likeness (QED) is 0.235. The fraction of sp³-hybridized carbons (Fsp3) is 1.00. The van der Waals surface area contributed by atoms with Crippen LogP contribution >= 0.6 is 8.25 Å². The zero-order valence-corrected chi connectivity index (χ0v) is 6.85. The van der Waals surface area contributed by atoms with E-state index in [0.29, 0.717) is 0 Å². The van der Waals surface area contributed by atoms with Crippen LogP contribution < -0.4 is 40.2 Å². The second-order valence-corrected chi connectivity index (χ2v) is 1.22. The monoisotopic (exact) mass is 132 g/mol. The Labute approximate surface area is 64.3 Å². The van der Waals surface area contributed by atoms with E-state index in [1.54, 1.807) is 0 Å². The van der Waals surface area contributed by atoms with Crippen LogP contribution in [0.4, 0.5) is 0 Å². The maximum Gasteiger partial charge on any atom is 1.00 e. The molecule has 0 aromatic carbocycles. The van der Waals surface area contributed by atoms with Crippen molar-refractivity contribution in [3.05, 3.63) is 0 Å². The Balaban J connectivity index is 0. The van der Waals surface area contributed by atoms with Crippen molar-refractivity contribution in [2.75, 3.05) is 6.73 Å². The largest absolute Gasteiger partial charge is 1.00 e. The van der Waals surface area contributed by atoms with Gasteiger partial charge in [-0.25, -0.2) is 0 Å². The zero-order valence-electron chi connectivity index (χ0n) is 3.96. The Morgan fingerprint density at radius 2 is 2.29 bits per heavy atom. The van der Waals surface area contributed by atoms with E-state index in [1.807, 2.05) is 0 Å². The number of hydrogen-bond donors (Lipinski definition) is 1. The molecule has 0 aliphatic carbocycles. The fourth-order valence-corrected chi connectivity index (χ4v) is 0.183. The SMILES string of the molecule is NCO[P+](=O)[O-].[Na+]. The van der Waals surface area contributed by atoms with Gasteiger partial charge in [-0.1, -0.05) is 0 Å². The van der Waals surface area contributed by atoms with Crippen molar-refractivity contribution in [2.45, 2.75) is 0 Å². The van der Waals surface area contributed by atoms with E-state index in [2.05, 4.69) is 10.3 Å². The fourth-order valence-electron chi connectivity index (χ4n) is 0.0609. The van der Waals surface area contributed by atoms with Crippen LogP contribution in [0.5, 0.6) is 0 Å². The number of nitrogens with two attached hydrogens (primary N) is 1. The van der Waals surface area contributed by atoms with Gasteiger partial charge in [-0.3, -0.25) is 0 Å². The Hall–Kier alpha value is 0.980. The Morgan fingerprint density at radius 3 is 2.29 bits per heavy atom. The molecule has 0 radical (unpaired) electrons. The standard InChI is InChI=1S/CH4NO3P.Na/c2-1-5-6(3)4;/h1-2H2;/q;+1. The smallest absolute Gasteiger partial charge is 0.566 e. The predicted molar refractivity (Wildman–Crippen MR) is 17.7 cm³/mol. The van der Waals surface area contributed by atoms with Crippen LogP contribution in [0.3, 0.4) is 0 Å². The molecular weight excluding hydrogens is 128 g/mol. The summed E-state index contributed by atoms with van der Waals surface area (Å²) in [6.45, 7) is -0.265. The van der Waals surface area contributed by atoms with Crippen LogP contribution in [-0.4, -0.2) is 6.73 Å². The van der Waals surface area contributed by atoms with Crippen molar-refractivity contribution in [1.82, 2.24) is 0 Å². The Bertz CT molecular complexity index is 58.9. The van der Waals surface area contributed by atoms with Gasteiger partial charge in [-0.15, -0.1) is 4.52 Å². The summed E-state index contributed by atoms with van der Waals surface area (Å²) < 4.78 is 13.1. The summed E-state index contributed by atoms with van der Waals surface area (Å²) in [6.07, 6.45) is 0. The Morgan fingerprint density at radius 1 is 1.86 bits per heavy atom. The molecule has 0 spiro atoms. The average Bonchev–Trinajstić information content (AvgIpc) is 1.35. The normalized spacial score (nSPS) is 9.71. The first-order chi connectivity index (χ1) is 2.77. The van der Waals surface area contributed by atoms with E-state index < -0.39 is 8.25 Å². The van der Waals surface area contributed by atoms with Gasteiger partial charge in [0.25, 0.3) is 0 Å². The van der Waals surface area contributed by atoms with Gasteiger partial charge in [0.15, 0.2) is 6.73 Å². The van der Waals surface area contributed by atoms with Crippen LogP contribution in [0.2, 0.25) is 0 Å². The van der Waals surface area contributed by atoms with Crippen molar-refractivity contribution in [3.8, 4) is 0 Å². The van der Waals surface area contributed by atoms with Crippen molar-refractivity contribution < 1.29 is 43.5 Å². The van der Waals surface area contributed by atoms with Gasteiger partial charge >= 0.3 is 37.8 Å². The van der Waals surface area contributed by atoms with Gasteiger partial charge in [-0.05, 0) is 4.57 Å². The molecule has 0 saturated heterocycles. The minimum atomic E-state index is -2.73. The summed E-state index contributed by atoms with van der Waals surface area (Å²) in [5.41, 5.74) is 4.62. The molecule has 0 amide bonds. The molecule has 0 saturated carbocycles. The zero-order chi connectivity index (χ0) is 4.99. The summed E-state index contributed by atoms with van der Waals surface area (Å²) in [5.74, 6) is 0. The molecular formula is CH4NNaO3P+. The molecule has 1 unspecified atom stereocenters. The minimum absolute atomic E-state index is 0. The molecule has 7 heavy (non-hydrogen) atoms. The average molecular weight is 132 g/mol. The van der Waals surface area contributed by atoms with Gasteiger partial charge in [0.1, 0.15) is 0 Å². The number of rotatable bonds is 2. The summed E-state index contributed by atoms with van der Waals surface area (Å²) in [7, 11) is -2.73. The van der Waals surface area contributed by atoms with Gasteiger partial charge in [0.05, 0.1) is 0 Å². The van der Waals surface area contributed by atoms with Crippen LogP contribution in [0.15, 0.2) is 0 Å². The third-order valence-corrected chi connectivity index (χ3v) is 0.540. The molecule has 0 aromatic rings. The molecule has 36 valence electrons. The molecule has 0 fully saturated rings. The predicted octanol–water partition coefficient (Wildman–Crippen LogP) is -4.06. The number of hydrogen-bond acceptors (Lipinski definition) is 4. The second-order valence-electron chi connectivity index (χ2n) is 0.519. The van der Waals surface area contributed by atoms with Crippen LogP contribution in [0, 0.1) is 0 Å². The van der Waals surface area contributed by atoms with Crippen molar-refractivity contribution in [1.29, 1.82) is 0 Å². The van der Waals surface area contributed by atoms with E-state index in [0.717, 1.165) is 0 Å². The molecule has 4 nitrogen and oxygen atoms in total. The maximum absolute atomic E-state index is 9.33. The second kappa shape index (κ2) is 6.98. The summed E-state index contributed by atoms with van der Waals surface area (Å²) >= 11 is 0. The molecule has 0 aromatic heterocycles. The topological polar surface area (TPSA) is 75.4 Å². The van der Waals surface area contributed by atoms with Gasteiger partial charge in [-0.2, -0.15) is 0 Å². The molecule has 0 aliphatic rings. The minimum Gasteiger partial charge on any atom is -0.566 e. The first-order valence-corrected chi connectivity index (χ1v) is 2.34.